The molecular weight excluding hydrogens is 275 g/mol. The number of aromatic carboxylic acids is 1. The van der Waals surface area contributed by atoms with Gasteiger partial charge in [-0.3, -0.25) is 0 Å². The van der Waals surface area contributed by atoms with Gasteiger partial charge in [0.2, 0.25) is 5.69 Å². The van der Waals surface area contributed by atoms with Crippen molar-refractivity contribution in [2.45, 2.75) is 0 Å². The molecule has 0 fully saturated rings. The molecule has 0 aliphatic heterocycles. The van der Waals surface area contributed by atoms with E-state index in [2.05, 4.69) is 10.2 Å². The molecule has 2 aromatic carbocycles. The molecule has 3 rings (SSSR count). The Hall–Kier alpha value is -3.02. The quantitative estimate of drug-likeness (QED) is 0.799. The summed E-state index contributed by atoms with van der Waals surface area (Å²) in [7, 11) is 0. The molecule has 0 saturated heterocycles. The van der Waals surface area contributed by atoms with Crippen LogP contribution in [0.5, 0.6) is 11.5 Å². The number of ether oxygens (including phenoxy) is 1. The molecule has 1 N–H and O–H groups in total. The summed E-state index contributed by atoms with van der Waals surface area (Å²) < 4.78 is 18.5. The van der Waals surface area contributed by atoms with E-state index in [0.29, 0.717) is 16.7 Å². The third-order valence-electron chi connectivity index (χ3n) is 2.86. The maximum absolute atomic E-state index is 12.9. The van der Waals surface area contributed by atoms with Crippen molar-refractivity contribution in [2.75, 3.05) is 0 Å². The molecule has 3 aromatic rings. The molecular formula is C15H9FN2O3. The minimum atomic E-state index is -1.25. The number of halogens is 1. The van der Waals surface area contributed by atoms with Gasteiger partial charge in [-0.25, -0.2) is 9.18 Å². The van der Waals surface area contributed by atoms with Gasteiger partial charge in [-0.05, 0) is 36.4 Å². The summed E-state index contributed by atoms with van der Waals surface area (Å²) in [6.45, 7) is 0. The number of benzene rings is 2. The van der Waals surface area contributed by atoms with Crippen LogP contribution in [0.3, 0.4) is 0 Å². The van der Waals surface area contributed by atoms with Crippen LogP contribution < -0.4 is 4.74 Å². The van der Waals surface area contributed by atoms with E-state index in [1.165, 1.54) is 24.3 Å². The van der Waals surface area contributed by atoms with Gasteiger partial charge in [0.1, 0.15) is 11.6 Å². The number of hydrogen-bond acceptors (Lipinski definition) is 4. The van der Waals surface area contributed by atoms with E-state index >= 15 is 0 Å². The SMILES string of the molecule is O=C(O)c1nnc2ccccc2c1Oc1ccc(F)cc1. The highest BCUT2D eigenvalue weighted by molar-refractivity contribution is 5.96. The topological polar surface area (TPSA) is 72.3 Å². The summed E-state index contributed by atoms with van der Waals surface area (Å²) in [5.74, 6) is -1.25. The number of carboxylic acids is 1. The Kier molecular flexibility index (Phi) is 3.19. The van der Waals surface area contributed by atoms with E-state index in [1.54, 1.807) is 24.3 Å². The van der Waals surface area contributed by atoms with Crippen LogP contribution in [0.15, 0.2) is 48.5 Å². The summed E-state index contributed by atoms with van der Waals surface area (Å²) in [5.41, 5.74) is 0.220. The molecule has 0 aliphatic carbocycles. The highest BCUT2D eigenvalue weighted by Gasteiger charge is 2.18. The minimum absolute atomic E-state index is 0.0831. The van der Waals surface area contributed by atoms with E-state index in [-0.39, 0.29) is 11.4 Å². The second-order valence-electron chi connectivity index (χ2n) is 4.26. The lowest BCUT2D eigenvalue weighted by molar-refractivity contribution is 0.0686. The van der Waals surface area contributed by atoms with Crippen molar-refractivity contribution in [1.29, 1.82) is 0 Å². The molecule has 0 amide bonds. The molecule has 0 bridgehead atoms. The standard InChI is InChI=1S/C15H9FN2O3/c16-9-5-7-10(8-6-9)21-14-11-3-1-2-4-12(11)17-18-13(14)15(19)20/h1-8H,(H,19,20). The normalized spacial score (nSPS) is 10.5. The molecule has 0 spiro atoms. The van der Waals surface area contributed by atoms with Gasteiger partial charge in [0.05, 0.1) is 5.52 Å². The van der Waals surface area contributed by atoms with E-state index in [9.17, 15) is 14.3 Å². The highest BCUT2D eigenvalue weighted by atomic mass is 19.1. The maximum atomic E-state index is 12.9. The third-order valence-corrected chi connectivity index (χ3v) is 2.86. The predicted molar refractivity (Wildman–Crippen MR) is 73.0 cm³/mol. The Balaban J connectivity index is 2.16. The molecule has 21 heavy (non-hydrogen) atoms. The summed E-state index contributed by atoms with van der Waals surface area (Å²) in [4.78, 5) is 11.3. The molecule has 0 saturated carbocycles. The zero-order valence-electron chi connectivity index (χ0n) is 10.7. The van der Waals surface area contributed by atoms with Crippen molar-refractivity contribution < 1.29 is 19.0 Å². The van der Waals surface area contributed by atoms with Crippen LogP contribution >= 0.6 is 0 Å². The van der Waals surface area contributed by atoms with Crippen molar-refractivity contribution in [2.24, 2.45) is 0 Å². The van der Waals surface area contributed by atoms with Gasteiger partial charge >= 0.3 is 5.97 Å². The van der Waals surface area contributed by atoms with Gasteiger partial charge < -0.3 is 9.84 Å². The van der Waals surface area contributed by atoms with Gasteiger partial charge in [-0.15, -0.1) is 10.2 Å². The Morgan fingerprint density at radius 2 is 1.76 bits per heavy atom. The van der Waals surface area contributed by atoms with Crippen molar-refractivity contribution in [3.8, 4) is 11.5 Å². The van der Waals surface area contributed by atoms with Gasteiger partial charge in [-0.2, -0.15) is 0 Å². The number of hydrogen-bond donors (Lipinski definition) is 1. The Morgan fingerprint density at radius 3 is 2.48 bits per heavy atom. The molecule has 5 nitrogen and oxygen atoms in total. The zero-order chi connectivity index (χ0) is 14.8. The average molecular weight is 284 g/mol. The third kappa shape index (κ3) is 2.51. The smallest absolute Gasteiger partial charge is 0.360 e. The van der Waals surface area contributed by atoms with E-state index in [4.69, 9.17) is 4.74 Å². The van der Waals surface area contributed by atoms with Crippen molar-refractivity contribution >= 4 is 16.9 Å². The molecule has 0 unspecified atom stereocenters. The number of rotatable bonds is 3. The van der Waals surface area contributed by atoms with Crippen LogP contribution in [0.2, 0.25) is 0 Å². The fourth-order valence-electron chi connectivity index (χ4n) is 1.89. The van der Waals surface area contributed by atoms with Gasteiger partial charge in [0, 0.05) is 5.39 Å². The van der Waals surface area contributed by atoms with Gasteiger partial charge in [-0.1, -0.05) is 12.1 Å². The average Bonchev–Trinajstić information content (AvgIpc) is 2.49. The first-order valence-electron chi connectivity index (χ1n) is 6.07. The highest BCUT2D eigenvalue weighted by Crippen LogP contribution is 2.31. The van der Waals surface area contributed by atoms with Gasteiger partial charge in [0.15, 0.2) is 5.75 Å². The van der Waals surface area contributed by atoms with Crippen LogP contribution in [0.1, 0.15) is 10.5 Å². The molecule has 0 aliphatic rings. The Morgan fingerprint density at radius 1 is 1.05 bits per heavy atom. The summed E-state index contributed by atoms with van der Waals surface area (Å²) >= 11 is 0. The van der Waals surface area contributed by atoms with Gasteiger partial charge in [0.25, 0.3) is 0 Å². The molecule has 104 valence electrons. The Bertz CT molecular complexity index is 819. The lowest BCUT2D eigenvalue weighted by Gasteiger charge is -2.10. The molecule has 0 atom stereocenters. The van der Waals surface area contributed by atoms with Crippen molar-refractivity contribution in [1.82, 2.24) is 10.2 Å². The van der Waals surface area contributed by atoms with E-state index < -0.39 is 11.8 Å². The van der Waals surface area contributed by atoms with Crippen LogP contribution in [-0.4, -0.2) is 21.3 Å². The maximum Gasteiger partial charge on any atom is 0.360 e. The van der Waals surface area contributed by atoms with Crippen molar-refractivity contribution in [3.05, 3.63) is 60.0 Å². The van der Waals surface area contributed by atoms with E-state index in [0.717, 1.165) is 0 Å². The number of carbonyl (C=O) groups is 1. The number of carboxylic acid groups (broad SMARTS) is 1. The summed E-state index contributed by atoms with van der Waals surface area (Å²) in [6.07, 6.45) is 0. The fourth-order valence-corrected chi connectivity index (χ4v) is 1.89. The second-order valence-corrected chi connectivity index (χ2v) is 4.26. The predicted octanol–water partition coefficient (Wildman–Crippen LogP) is 3.26. The minimum Gasteiger partial charge on any atom is -0.476 e. The lowest BCUT2D eigenvalue weighted by Crippen LogP contribution is -2.06. The molecule has 1 heterocycles. The monoisotopic (exact) mass is 284 g/mol. The Labute approximate surface area is 118 Å². The first-order valence-corrected chi connectivity index (χ1v) is 6.07. The summed E-state index contributed by atoms with van der Waals surface area (Å²) in [6, 6.07) is 12.2. The van der Waals surface area contributed by atoms with Crippen LogP contribution in [0, 0.1) is 5.82 Å². The number of fused-ring (bicyclic) bond motifs is 1. The first-order chi connectivity index (χ1) is 10.1. The zero-order valence-corrected chi connectivity index (χ0v) is 10.7. The molecule has 6 heteroatoms. The fraction of sp³-hybridized carbons (Fsp3) is 0. The van der Waals surface area contributed by atoms with Crippen LogP contribution in [0.4, 0.5) is 4.39 Å². The van der Waals surface area contributed by atoms with Crippen LogP contribution in [0.25, 0.3) is 10.9 Å². The van der Waals surface area contributed by atoms with E-state index in [1.807, 2.05) is 0 Å². The first kappa shape index (κ1) is 13.0. The second kappa shape index (κ2) is 5.16. The van der Waals surface area contributed by atoms with Crippen molar-refractivity contribution in [3.63, 3.8) is 0 Å². The molecule has 0 radical (unpaired) electrons. The molecule has 1 aromatic heterocycles. The number of nitrogens with zero attached hydrogens (tertiary/aromatic N) is 2. The largest absolute Gasteiger partial charge is 0.476 e. The lowest BCUT2D eigenvalue weighted by atomic mass is 10.2. The number of aromatic nitrogens is 2. The van der Waals surface area contributed by atoms with Crippen LogP contribution in [-0.2, 0) is 0 Å². The summed E-state index contributed by atoms with van der Waals surface area (Å²) in [5, 5.41) is 17.2.